The summed E-state index contributed by atoms with van der Waals surface area (Å²) in [6.07, 6.45) is 6.81. The number of carbonyl (C=O) groups excluding carboxylic acids is 1. The van der Waals surface area contributed by atoms with Crippen LogP contribution in [0.15, 0.2) is 0 Å². The first-order chi connectivity index (χ1) is 9.07. The molecule has 4 nitrogen and oxygen atoms in total. The second-order valence-electron chi connectivity index (χ2n) is 6.43. The van der Waals surface area contributed by atoms with Crippen LogP contribution >= 0.6 is 0 Å². The number of piperidine rings is 1. The average molecular weight is 268 g/mol. The molecule has 2 rings (SSSR count). The molecule has 1 N–H and O–H groups in total. The second kappa shape index (κ2) is 6.71. The largest absolute Gasteiger partial charge is 0.371 e. The summed E-state index contributed by atoms with van der Waals surface area (Å²) >= 11 is 0. The van der Waals surface area contributed by atoms with E-state index in [0.29, 0.717) is 18.4 Å². The molecule has 0 spiro atoms. The quantitative estimate of drug-likeness (QED) is 0.775. The van der Waals surface area contributed by atoms with Crippen molar-refractivity contribution in [2.24, 2.45) is 0 Å². The maximum atomic E-state index is 12.0. The van der Waals surface area contributed by atoms with Gasteiger partial charge in [0, 0.05) is 32.6 Å². The standard InChI is InChI=1S/C15H28N2O2/c1-15(2)8-6-13(19-15)12-16-9-7-14(18)17-10-4-3-5-11-17/h13,16H,3-12H2,1-2H3. The van der Waals surface area contributed by atoms with Gasteiger partial charge in [-0.15, -0.1) is 0 Å². The number of nitrogens with zero attached hydrogens (tertiary/aromatic N) is 1. The highest BCUT2D eigenvalue weighted by Crippen LogP contribution is 2.28. The minimum Gasteiger partial charge on any atom is -0.371 e. The molecule has 1 unspecified atom stereocenters. The lowest BCUT2D eigenvalue weighted by molar-refractivity contribution is -0.132. The Morgan fingerprint density at radius 3 is 2.68 bits per heavy atom. The Labute approximate surface area is 116 Å². The van der Waals surface area contributed by atoms with Gasteiger partial charge in [-0.05, 0) is 46.0 Å². The van der Waals surface area contributed by atoms with Crippen molar-refractivity contribution in [1.29, 1.82) is 0 Å². The van der Waals surface area contributed by atoms with Crippen LogP contribution in [0.2, 0.25) is 0 Å². The van der Waals surface area contributed by atoms with Crippen LogP contribution in [-0.2, 0) is 9.53 Å². The molecule has 0 aliphatic carbocycles. The maximum absolute atomic E-state index is 12.0. The Morgan fingerprint density at radius 1 is 1.32 bits per heavy atom. The van der Waals surface area contributed by atoms with Gasteiger partial charge < -0.3 is 15.0 Å². The monoisotopic (exact) mass is 268 g/mol. The molecule has 0 aromatic rings. The molecule has 0 aromatic heterocycles. The summed E-state index contributed by atoms with van der Waals surface area (Å²) in [5.74, 6) is 0.305. The predicted octanol–water partition coefficient (Wildman–Crippen LogP) is 1.94. The predicted molar refractivity (Wildman–Crippen MR) is 76.1 cm³/mol. The van der Waals surface area contributed by atoms with Crippen molar-refractivity contribution in [2.45, 2.75) is 64.1 Å². The molecular formula is C15H28N2O2. The summed E-state index contributed by atoms with van der Waals surface area (Å²) in [5, 5.41) is 3.36. The minimum atomic E-state index is 0.0377. The van der Waals surface area contributed by atoms with Crippen molar-refractivity contribution >= 4 is 5.91 Å². The third kappa shape index (κ3) is 4.77. The molecule has 19 heavy (non-hydrogen) atoms. The Hall–Kier alpha value is -0.610. The molecular weight excluding hydrogens is 240 g/mol. The van der Waals surface area contributed by atoms with E-state index in [1.54, 1.807) is 0 Å². The summed E-state index contributed by atoms with van der Waals surface area (Å²) in [6, 6.07) is 0. The molecule has 0 aromatic carbocycles. The van der Waals surface area contributed by atoms with Crippen LogP contribution < -0.4 is 5.32 Å². The van der Waals surface area contributed by atoms with Gasteiger partial charge in [0.25, 0.3) is 0 Å². The van der Waals surface area contributed by atoms with Crippen molar-refractivity contribution in [3.05, 3.63) is 0 Å². The first kappa shape index (κ1) is 14.8. The zero-order valence-electron chi connectivity index (χ0n) is 12.4. The van der Waals surface area contributed by atoms with Crippen LogP contribution in [0.5, 0.6) is 0 Å². The molecule has 1 amide bonds. The Balaban J connectivity index is 1.55. The summed E-state index contributed by atoms with van der Waals surface area (Å²) in [6.45, 7) is 7.85. The minimum absolute atomic E-state index is 0.0377. The van der Waals surface area contributed by atoms with E-state index < -0.39 is 0 Å². The van der Waals surface area contributed by atoms with E-state index in [0.717, 1.165) is 39.0 Å². The molecule has 2 aliphatic heterocycles. The van der Waals surface area contributed by atoms with E-state index in [1.807, 2.05) is 4.90 Å². The van der Waals surface area contributed by atoms with Gasteiger partial charge >= 0.3 is 0 Å². The number of carbonyl (C=O) groups is 1. The second-order valence-corrected chi connectivity index (χ2v) is 6.43. The highest BCUT2D eigenvalue weighted by Gasteiger charge is 2.31. The lowest BCUT2D eigenvalue weighted by atomic mass is 10.1. The van der Waals surface area contributed by atoms with Gasteiger partial charge in [0.1, 0.15) is 0 Å². The number of hydrogen-bond donors (Lipinski definition) is 1. The Kier molecular flexibility index (Phi) is 5.22. The van der Waals surface area contributed by atoms with Crippen LogP contribution in [0.25, 0.3) is 0 Å². The van der Waals surface area contributed by atoms with E-state index in [4.69, 9.17) is 4.74 Å². The van der Waals surface area contributed by atoms with Gasteiger partial charge in [-0.1, -0.05) is 0 Å². The highest BCUT2D eigenvalue weighted by atomic mass is 16.5. The fourth-order valence-electron chi connectivity index (χ4n) is 2.98. The SMILES string of the molecule is CC1(C)CCC(CNCCC(=O)N2CCCCC2)O1. The molecule has 0 radical (unpaired) electrons. The van der Waals surface area contributed by atoms with Gasteiger partial charge in [0.05, 0.1) is 11.7 Å². The third-order valence-corrected chi connectivity index (χ3v) is 4.15. The molecule has 0 bridgehead atoms. The van der Waals surface area contributed by atoms with E-state index in [-0.39, 0.29) is 5.60 Å². The van der Waals surface area contributed by atoms with Crippen LogP contribution in [0.4, 0.5) is 0 Å². The molecule has 0 saturated carbocycles. The Bertz CT molecular complexity index is 299. The van der Waals surface area contributed by atoms with E-state index in [1.165, 1.54) is 19.3 Å². The van der Waals surface area contributed by atoms with E-state index in [9.17, 15) is 4.79 Å². The third-order valence-electron chi connectivity index (χ3n) is 4.15. The molecule has 1 atom stereocenters. The number of likely N-dealkylation sites (tertiary alicyclic amines) is 1. The van der Waals surface area contributed by atoms with Gasteiger partial charge in [-0.25, -0.2) is 0 Å². The summed E-state index contributed by atoms with van der Waals surface area (Å²) in [5.41, 5.74) is 0.0377. The van der Waals surface area contributed by atoms with Crippen molar-refractivity contribution in [1.82, 2.24) is 10.2 Å². The number of amides is 1. The maximum Gasteiger partial charge on any atom is 0.223 e. The molecule has 2 aliphatic rings. The number of rotatable bonds is 5. The van der Waals surface area contributed by atoms with Crippen molar-refractivity contribution in [2.75, 3.05) is 26.2 Å². The Morgan fingerprint density at radius 2 is 2.05 bits per heavy atom. The fraction of sp³-hybridized carbons (Fsp3) is 0.933. The van der Waals surface area contributed by atoms with Crippen molar-refractivity contribution in [3.8, 4) is 0 Å². The number of nitrogens with one attached hydrogen (secondary N) is 1. The zero-order valence-corrected chi connectivity index (χ0v) is 12.4. The molecule has 2 heterocycles. The number of ether oxygens (including phenoxy) is 1. The highest BCUT2D eigenvalue weighted by molar-refractivity contribution is 5.76. The average Bonchev–Trinajstić information content (AvgIpc) is 2.75. The molecule has 2 fully saturated rings. The van der Waals surface area contributed by atoms with Gasteiger partial charge in [0.15, 0.2) is 0 Å². The van der Waals surface area contributed by atoms with Gasteiger partial charge in [0.2, 0.25) is 5.91 Å². The van der Waals surface area contributed by atoms with Crippen LogP contribution in [0.3, 0.4) is 0 Å². The number of hydrogen-bond acceptors (Lipinski definition) is 3. The van der Waals surface area contributed by atoms with E-state index in [2.05, 4.69) is 19.2 Å². The van der Waals surface area contributed by atoms with Crippen molar-refractivity contribution in [3.63, 3.8) is 0 Å². The van der Waals surface area contributed by atoms with Gasteiger partial charge in [-0.2, -0.15) is 0 Å². The first-order valence-corrected chi connectivity index (χ1v) is 7.73. The smallest absolute Gasteiger partial charge is 0.223 e. The zero-order chi connectivity index (χ0) is 13.7. The summed E-state index contributed by atoms with van der Waals surface area (Å²) in [7, 11) is 0. The topological polar surface area (TPSA) is 41.6 Å². The molecule has 2 saturated heterocycles. The van der Waals surface area contributed by atoms with Crippen molar-refractivity contribution < 1.29 is 9.53 Å². The fourth-order valence-corrected chi connectivity index (χ4v) is 2.98. The lowest BCUT2D eigenvalue weighted by Gasteiger charge is -2.26. The van der Waals surface area contributed by atoms with E-state index >= 15 is 0 Å². The first-order valence-electron chi connectivity index (χ1n) is 7.73. The normalized spacial score (nSPS) is 26.6. The van der Waals surface area contributed by atoms with Crippen LogP contribution in [0.1, 0.15) is 52.4 Å². The van der Waals surface area contributed by atoms with Gasteiger partial charge in [-0.3, -0.25) is 4.79 Å². The summed E-state index contributed by atoms with van der Waals surface area (Å²) in [4.78, 5) is 14.0. The van der Waals surface area contributed by atoms with Crippen LogP contribution in [0, 0.1) is 0 Å². The van der Waals surface area contributed by atoms with Crippen LogP contribution in [-0.4, -0.2) is 48.7 Å². The molecule has 110 valence electrons. The summed E-state index contributed by atoms with van der Waals surface area (Å²) < 4.78 is 5.91. The lowest BCUT2D eigenvalue weighted by Crippen LogP contribution is -2.38. The molecule has 4 heteroatoms.